The van der Waals surface area contributed by atoms with E-state index in [0.29, 0.717) is 18.1 Å². The van der Waals surface area contributed by atoms with Crippen LogP contribution in [0.15, 0.2) is 29.3 Å². The van der Waals surface area contributed by atoms with Gasteiger partial charge in [0.25, 0.3) is 0 Å². The Kier molecular flexibility index (Phi) is 10.7. The Hall–Kier alpha value is -1.20. The summed E-state index contributed by atoms with van der Waals surface area (Å²) in [4.78, 5) is 9.42. The summed E-state index contributed by atoms with van der Waals surface area (Å²) >= 11 is 0. The second-order valence-corrected chi connectivity index (χ2v) is 8.34. The van der Waals surface area contributed by atoms with E-state index in [1.807, 2.05) is 6.07 Å². The molecule has 0 saturated carbocycles. The van der Waals surface area contributed by atoms with Crippen LogP contribution in [0, 0.1) is 0 Å². The number of rotatable bonds is 7. The number of nitrogens with zero attached hydrogens (tertiary/aromatic N) is 3. The van der Waals surface area contributed by atoms with Crippen LogP contribution in [-0.4, -0.2) is 74.7 Å². The highest BCUT2D eigenvalue weighted by Gasteiger charge is 2.39. The van der Waals surface area contributed by atoms with Crippen molar-refractivity contribution in [2.45, 2.75) is 50.8 Å². The molecule has 6 nitrogen and oxygen atoms in total. The molecule has 0 atom stereocenters. The Balaban J connectivity index is 0.00000341. The largest absolute Gasteiger partial charge is 0.434 e. The summed E-state index contributed by atoms with van der Waals surface area (Å²) in [5.74, 6) is 0.868. The maximum absolute atomic E-state index is 12.7. The minimum Gasteiger partial charge on any atom is -0.434 e. The molecule has 2 heterocycles. The molecule has 9 heteroatoms. The second kappa shape index (κ2) is 12.7. The van der Waals surface area contributed by atoms with Crippen LogP contribution < -0.4 is 15.4 Å². The van der Waals surface area contributed by atoms with Crippen molar-refractivity contribution in [2.24, 2.45) is 4.99 Å². The molecule has 2 fully saturated rings. The summed E-state index contributed by atoms with van der Waals surface area (Å²) < 4.78 is 29.9. The molecule has 0 radical (unpaired) electrons. The fourth-order valence-electron chi connectivity index (χ4n) is 4.52. The first-order chi connectivity index (χ1) is 14.5. The Labute approximate surface area is 201 Å². The number of benzene rings is 1. The van der Waals surface area contributed by atoms with Crippen LogP contribution in [0.1, 0.15) is 37.7 Å². The van der Waals surface area contributed by atoms with Crippen molar-refractivity contribution in [1.29, 1.82) is 0 Å². The smallest absolute Gasteiger partial charge is 0.387 e. The molecule has 2 aliphatic rings. The van der Waals surface area contributed by atoms with Crippen molar-refractivity contribution in [3.05, 3.63) is 29.8 Å². The summed E-state index contributed by atoms with van der Waals surface area (Å²) in [6.07, 6.45) is 6.14. The number of nitrogens with one attached hydrogen (secondary N) is 2. The highest BCUT2D eigenvalue weighted by atomic mass is 127. The molecule has 3 rings (SSSR count). The first kappa shape index (κ1) is 26.1. The van der Waals surface area contributed by atoms with Crippen molar-refractivity contribution < 1.29 is 13.5 Å². The molecule has 31 heavy (non-hydrogen) atoms. The van der Waals surface area contributed by atoms with E-state index >= 15 is 0 Å². The van der Waals surface area contributed by atoms with Crippen molar-refractivity contribution >= 4 is 29.9 Å². The summed E-state index contributed by atoms with van der Waals surface area (Å²) in [6, 6.07) is 6.85. The molecule has 0 amide bonds. The number of aliphatic imine (C=N–C) groups is 1. The molecule has 176 valence electrons. The van der Waals surface area contributed by atoms with Gasteiger partial charge in [0, 0.05) is 31.2 Å². The molecule has 1 aromatic carbocycles. The van der Waals surface area contributed by atoms with Gasteiger partial charge in [0.05, 0.1) is 0 Å². The van der Waals surface area contributed by atoms with Crippen LogP contribution in [0.25, 0.3) is 0 Å². The van der Waals surface area contributed by atoms with Gasteiger partial charge >= 0.3 is 6.61 Å². The number of alkyl halides is 2. The molecular weight excluding hydrogens is 515 g/mol. The number of guanidine groups is 1. The van der Waals surface area contributed by atoms with Crippen LogP contribution in [0.5, 0.6) is 5.75 Å². The zero-order valence-electron chi connectivity index (χ0n) is 18.6. The fraction of sp³-hybridized carbons (Fsp3) is 0.682. The van der Waals surface area contributed by atoms with Crippen molar-refractivity contribution in [3.63, 3.8) is 0 Å². The van der Waals surface area contributed by atoms with E-state index in [9.17, 15) is 8.78 Å². The number of hydrogen-bond acceptors (Lipinski definition) is 4. The van der Waals surface area contributed by atoms with Gasteiger partial charge in [0.15, 0.2) is 5.96 Å². The normalized spacial score (nSPS) is 20.2. The minimum atomic E-state index is -2.84. The number of para-hydroxylation sites is 1. The SMILES string of the molecule is CN=C(NCc1ccccc1OC(F)F)NCC1(N2CCCCC2)CCN(C)CC1.I. The number of hydrogen-bond donors (Lipinski definition) is 2. The Bertz CT molecular complexity index is 692. The summed E-state index contributed by atoms with van der Waals surface area (Å²) in [5.41, 5.74) is 0.812. The number of halogens is 3. The summed E-state index contributed by atoms with van der Waals surface area (Å²) in [5, 5.41) is 6.77. The minimum absolute atomic E-state index is 0. The van der Waals surface area contributed by atoms with Crippen molar-refractivity contribution in [3.8, 4) is 5.75 Å². The Morgan fingerprint density at radius 2 is 1.77 bits per heavy atom. The number of ether oxygens (including phenoxy) is 1. The third-order valence-electron chi connectivity index (χ3n) is 6.39. The van der Waals surface area contributed by atoms with E-state index in [1.54, 1.807) is 25.2 Å². The topological polar surface area (TPSA) is 52.1 Å². The van der Waals surface area contributed by atoms with Crippen LogP contribution in [0.4, 0.5) is 8.78 Å². The lowest BCUT2D eigenvalue weighted by Gasteiger charge is -2.50. The van der Waals surface area contributed by atoms with Gasteiger partial charge < -0.3 is 20.3 Å². The maximum atomic E-state index is 12.7. The van der Waals surface area contributed by atoms with Crippen LogP contribution in [0.2, 0.25) is 0 Å². The average Bonchev–Trinajstić information content (AvgIpc) is 2.76. The average molecular weight is 551 g/mol. The van der Waals surface area contributed by atoms with Gasteiger partial charge in [-0.2, -0.15) is 8.78 Å². The first-order valence-corrected chi connectivity index (χ1v) is 10.9. The van der Waals surface area contributed by atoms with Gasteiger partial charge in [-0.3, -0.25) is 9.89 Å². The second-order valence-electron chi connectivity index (χ2n) is 8.34. The Morgan fingerprint density at radius 3 is 2.42 bits per heavy atom. The van der Waals surface area contributed by atoms with Crippen LogP contribution >= 0.6 is 24.0 Å². The van der Waals surface area contributed by atoms with Crippen molar-refractivity contribution in [2.75, 3.05) is 46.8 Å². The zero-order valence-corrected chi connectivity index (χ0v) is 20.9. The summed E-state index contributed by atoms with van der Waals surface area (Å²) in [6.45, 7) is 2.88. The molecular formula is C22H36F2IN5O. The fourth-order valence-corrected chi connectivity index (χ4v) is 4.52. The number of piperidine rings is 2. The first-order valence-electron chi connectivity index (χ1n) is 10.9. The van der Waals surface area contributed by atoms with Crippen LogP contribution in [-0.2, 0) is 6.54 Å². The van der Waals surface area contributed by atoms with E-state index < -0.39 is 6.61 Å². The lowest BCUT2D eigenvalue weighted by Crippen LogP contribution is -2.62. The monoisotopic (exact) mass is 551 g/mol. The quantitative estimate of drug-likeness (QED) is 0.309. The Morgan fingerprint density at radius 1 is 1.10 bits per heavy atom. The highest BCUT2D eigenvalue weighted by molar-refractivity contribution is 14.0. The molecule has 2 N–H and O–H groups in total. The van der Waals surface area contributed by atoms with E-state index in [-0.39, 0.29) is 35.3 Å². The molecule has 2 aliphatic heterocycles. The van der Waals surface area contributed by atoms with Crippen molar-refractivity contribution in [1.82, 2.24) is 20.4 Å². The maximum Gasteiger partial charge on any atom is 0.387 e. The third kappa shape index (κ3) is 7.42. The predicted octanol–water partition coefficient (Wildman–Crippen LogP) is 3.52. The number of likely N-dealkylation sites (tertiary alicyclic amines) is 2. The lowest BCUT2D eigenvalue weighted by molar-refractivity contribution is -0.0504. The molecule has 1 aromatic rings. The van der Waals surface area contributed by atoms with Gasteiger partial charge in [0.1, 0.15) is 5.75 Å². The molecule has 0 bridgehead atoms. The van der Waals surface area contributed by atoms with E-state index in [2.05, 4.69) is 37.2 Å². The summed E-state index contributed by atoms with van der Waals surface area (Å²) in [7, 11) is 3.92. The molecule has 0 spiro atoms. The lowest BCUT2D eigenvalue weighted by atomic mass is 9.84. The van der Waals surface area contributed by atoms with Gasteiger partial charge in [-0.15, -0.1) is 24.0 Å². The van der Waals surface area contributed by atoms with Gasteiger partial charge in [-0.05, 0) is 65.0 Å². The zero-order chi connectivity index (χ0) is 21.4. The molecule has 0 aliphatic carbocycles. The molecule has 0 aromatic heterocycles. The predicted molar refractivity (Wildman–Crippen MR) is 132 cm³/mol. The molecule has 2 saturated heterocycles. The van der Waals surface area contributed by atoms with E-state index in [0.717, 1.165) is 45.6 Å². The standard InChI is InChI=1S/C22H35F2N5O.HI/c1-25-21(26-16-18-8-4-5-9-19(18)30-20(23)24)27-17-22(10-14-28(2)15-11-22)29-12-6-3-7-13-29;/h4-5,8-9,20H,3,6-7,10-17H2,1-2H3,(H2,25,26,27);1H. The van der Waals surface area contributed by atoms with Gasteiger partial charge in [0.2, 0.25) is 0 Å². The van der Waals surface area contributed by atoms with Gasteiger partial charge in [-0.25, -0.2) is 0 Å². The highest BCUT2D eigenvalue weighted by Crippen LogP contribution is 2.31. The van der Waals surface area contributed by atoms with Gasteiger partial charge in [-0.1, -0.05) is 24.6 Å². The third-order valence-corrected chi connectivity index (χ3v) is 6.39. The van der Waals surface area contributed by atoms with E-state index in [4.69, 9.17) is 0 Å². The van der Waals surface area contributed by atoms with E-state index in [1.165, 1.54) is 19.3 Å². The molecule has 0 unspecified atom stereocenters. The van der Waals surface area contributed by atoms with Crippen LogP contribution in [0.3, 0.4) is 0 Å².